The van der Waals surface area contributed by atoms with Gasteiger partial charge in [0.2, 0.25) is 0 Å². The molecule has 0 bridgehead atoms. The fraction of sp³-hybridized carbons (Fsp3) is 1.00. The zero-order chi connectivity index (χ0) is 7.26. The molecule has 1 saturated heterocycles. The van der Waals surface area contributed by atoms with Gasteiger partial charge in [-0.25, -0.2) is 0 Å². The highest BCUT2D eigenvalue weighted by atomic mass is 16.5. The van der Waals surface area contributed by atoms with E-state index in [0.29, 0.717) is 6.10 Å². The van der Waals surface area contributed by atoms with Crippen molar-refractivity contribution in [2.45, 2.75) is 31.4 Å². The number of ether oxygens (including phenoxy) is 1. The molecule has 0 N–H and O–H groups in total. The summed E-state index contributed by atoms with van der Waals surface area (Å²) in [7, 11) is 0. The molecule has 2 atom stereocenters. The molecular formula is C9H15NO. The lowest BCUT2D eigenvalue weighted by Crippen LogP contribution is -2.37. The van der Waals surface area contributed by atoms with Crippen molar-refractivity contribution in [3.8, 4) is 0 Å². The summed E-state index contributed by atoms with van der Waals surface area (Å²) in [6.45, 7) is 3.54. The number of rotatable bonds is 2. The van der Waals surface area contributed by atoms with Crippen LogP contribution in [0.1, 0.15) is 19.3 Å². The molecule has 2 heteroatoms. The highest BCUT2D eigenvalue weighted by molar-refractivity contribution is 5.00. The highest BCUT2D eigenvalue weighted by Crippen LogP contribution is 2.38. The molecule has 1 heterocycles. The minimum absolute atomic E-state index is 0.627. The van der Waals surface area contributed by atoms with Crippen molar-refractivity contribution < 1.29 is 4.74 Å². The average molecular weight is 153 g/mol. The van der Waals surface area contributed by atoms with Gasteiger partial charge >= 0.3 is 0 Å². The number of hydrogen-bond donors (Lipinski definition) is 0. The summed E-state index contributed by atoms with van der Waals surface area (Å²) < 4.78 is 5.54. The van der Waals surface area contributed by atoms with Gasteiger partial charge in [0.05, 0.1) is 12.7 Å². The van der Waals surface area contributed by atoms with Crippen LogP contribution >= 0.6 is 0 Å². The molecule has 11 heavy (non-hydrogen) atoms. The van der Waals surface area contributed by atoms with Crippen LogP contribution in [0.5, 0.6) is 0 Å². The third-order valence-corrected chi connectivity index (χ3v) is 3.07. The lowest BCUT2D eigenvalue weighted by Gasteiger charge is -2.26. The predicted molar refractivity (Wildman–Crippen MR) is 42.4 cm³/mol. The molecule has 0 spiro atoms. The van der Waals surface area contributed by atoms with Crippen LogP contribution in [-0.2, 0) is 4.74 Å². The topological polar surface area (TPSA) is 12.5 Å². The van der Waals surface area contributed by atoms with Gasteiger partial charge in [0.1, 0.15) is 0 Å². The Balaban J connectivity index is 1.58. The third kappa shape index (κ3) is 1.18. The molecule has 62 valence electrons. The Morgan fingerprint density at radius 3 is 3.09 bits per heavy atom. The van der Waals surface area contributed by atoms with Crippen molar-refractivity contribution in [1.29, 1.82) is 0 Å². The van der Waals surface area contributed by atoms with Crippen molar-refractivity contribution in [3.63, 3.8) is 0 Å². The van der Waals surface area contributed by atoms with Crippen LogP contribution in [0.15, 0.2) is 0 Å². The van der Waals surface area contributed by atoms with Crippen LogP contribution in [0.3, 0.4) is 0 Å². The van der Waals surface area contributed by atoms with Crippen molar-refractivity contribution in [1.82, 2.24) is 4.90 Å². The van der Waals surface area contributed by atoms with Crippen LogP contribution in [-0.4, -0.2) is 36.7 Å². The monoisotopic (exact) mass is 153 g/mol. The summed E-state index contributed by atoms with van der Waals surface area (Å²) in [6, 6.07) is 0.823. The molecule has 2 nitrogen and oxygen atoms in total. The number of hydrogen-bond acceptors (Lipinski definition) is 2. The molecule has 0 radical (unpaired) electrons. The Bertz CT molecular complexity index is 167. The van der Waals surface area contributed by atoms with Gasteiger partial charge in [0.25, 0.3) is 0 Å². The molecule has 3 fully saturated rings. The lowest BCUT2D eigenvalue weighted by molar-refractivity contribution is 0.0293. The van der Waals surface area contributed by atoms with E-state index < -0.39 is 0 Å². The lowest BCUT2D eigenvalue weighted by atomic mass is 10.3. The van der Waals surface area contributed by atoms with Gasteiger partial charge in [0, 0.05) is 19.1 Å². The largest absolute Gasteiger partial charge is 0.375 e. The minimum atomic E-state index is 0.627. The molecular weight excluding hydrogens is 138 g/mol. The Labute approximate surface area is 67.5 Å². The first-order valence-electron chi connectivity index (χ1n) is 4.79. The van der Waals surface area contributed by atoms with Gasteiger partial charge in [-0.05, 0) is 25.2 Å². The second-order valence-corrected chi connectivity index (χ2v) is 4.15. The van der Waals surface area contributed by atoms with E-state index in [-0.39, 0.29) is 0 Å². The average Bonchev–Trinajstić information content (AvgIpc) is 2.80. The Morgan fingerprint density at radius 2 is 2.27 bits per heavy atom. The molecule has 0 aromatic heterocycles. The van der Waals surface area contributed by atoms with E-state index >= 15 is 0 Å². The Kier molecular flexibility index (Phi) is 1.29. The molecule has 2 aliphatic carbocycles. The summed E-state index contributed by atoms with van der Waals surface area (Å²) in [5, 5.41) is 0. The third-order valence-electron chi connectivity index (χ3n) is 3.07. The molecule has 2 unspecified atom stereocenters. The summed E-state index contributed by atoms with van der Waals surface area (Å²) in [4.78, 5) is 2.64. The molecule has 3 aliphatic rings. The quantitative estimate of drug-likeness (QED) is 0.583. The number of morpholine rings is 1. The van der Waals surface area contributed by atoms with Crippen molar-refractivity contribution in [2.24, 2.45) is 5.92 Å². The van der Waals surface area contributed by atoms with E-state index in [1.807, 2.05) is 0 Å². The van der Waals surface area contributed by atoms with Crippen molar-refractivity contribution in [2.75, 3.05) is 19.7 Å². The van der Waals surface area contributed by atoms with E-state index in [4.69, 9.17) is 4.74 Å². The molecule has 0 amide bonds. The van der Waals surface area contributed by atoms with Crippen LogP contribution in [0.25, 0.3) is 0 Å². The standard InChI is InChI=1S/C9H15NO/c1-2-7(1)6-10-3-4-11-9-5-8(9)10/h7-9H,1-6H2. The maximum Gasteiger partial charge on any atom is 0.0747 e. The van der Waals surface area contributed by atoms with Crippen molar-refractivity contribution in [3.05, 3.63) is 0 Å². The molecule has 3 rings (SSSR count). The van der Waals surface area contributed by atoms with Crippen LogP contribution < -0.4 is 0 Å². The fourth-order valence-corrected chi connectivity index (χ4v) is 2.07. The second kappa shape index (κ2) is 2.20. The summed E-state index contributed by atoms with van der Waals surface area (Å²) in [6.07, 6.45) is 4.90. The molecule has 2 saturated carbocycles. The highest BCUT2D eigenvalue weighted by Gasteiger charge is 2.46. The fourth-order valence-electron chi connectivity index (χ4n) is 2.07. The Morgan fingerprint density at radius 1 is 1.36 bits per heavy atom. The SMILES string of the molecule is C1CN(CC2CC2)C2CC2O1. The molecule has 1 aliphatic heterocycles. The first kappa shape index (κ1) is 6.44. The van der Waals surface area contributed by atoms with Gasteiger partial charge in [-0.3, -0.25) is 4.90 Å². The van der Waals surface area contributed by atoms with Crippen molar-refractivity contribution >= 4 is 0 Å². The summed E-state index contributed by atoms with van der Waals surface area (Å²) in [5.41, 5.74) is 0. The van der Waals surface area contributed by atoms with Crippen LogP contribution in [0.2, 0.25) is 0 Å². The van der Waals surface area contributed by atoms with Gasteiger partial charge < -0.3 is 4.74 Å². The van der Waals surface area contributed by atoms with Crippen LogP contribution in [0.4, 0.5) is 0 Å². The zero-order valence-electron chi connectivity index (χ0n) is 6.83. The number of fused-ring (bicyclic) bond motifs is 1. The van der Waals surface area contributed by atoms with Crippen LogP contribution in [0, 0.1) is 5.92 Å². The van der Waals surface area contributed by atoms with E-state index in [1.165, 1.54) is 32.4 Å². The Hall–Kier alpha value is -0.0800. The van der Waals surface area contributed by atoms with E-state index in [9.17, 15) is 0 Å². The maximum atomic E-state index is 5.54. The number of nitrogens with zero attached hydrogens (tertiary/aromatic N) is 1. The second-order valence-electron chi connectivity index (χ2n) is 4.15. The van der Waals surface area contributed by atoms with E-state index in [0.717, 1.165) is 18.6 Å². The zero-order valence-corrected chi connectivity index (χ0v) is 6.83. The minimum Gasteiger partial charge on any atom is -0.375 e. The van der Waals surface area contributed by atoms with Gasteiger partial charge in [-0.1, -0.05) is 0 Å². The smallest absolute Gasteiger partial charge is 0.0747 e. The summed E-state index contributed by atoms with van der Waals surface area (Å²) in [5.74, 6) is 1.05. The normalized spacial score (nSPS) is 43.6. The summed E-state index contributed by atoms with van der Waals surface area (Å²) >= 11 is 0. The maximum absolute atomic E-state index is 5.54. The van der Waals surface area contributed by atoms with Gasteiger partial charge in [0.15, 0.2) is 0 Å². The van der Waals surface area contributed by atoms with Gasteiger partial charge in [-0.15, -0.1) is 0 Å². The molecule has 0 aromatic rings. The van der Waals surface area contributed by atoms with E-state index in [1.54, 1.807) is 0 Å². The predicted octanol–water partition coefficient (Wildman–Crippen LogP) is 0.869. The molecule has 0 aromatic carbocycles. The first-order chi connectivity index (χ1) is 5.43. The first-order valence-corrected chi connectivity index (χ1v) is 4.79. The van der Waals surface area contributed by atoms with Gasteiger partial charge in [-0.2, -0.15) is 0 Å². The van der Waals surface area contributed by atoms with E-state index in [2.05, 4.69) is 4.90 Å².